The van der Waals surface area contributed by atoms with Gasteiger partial charge in [0, 0.05) is 17.3 Å². The smallest absolute Gasteiger partial charge is 0.182 e. The lowest BCUT2D eigenvalue weighted by molar-refractivity contribution is 0.474. The Bertz CT molecular complexity index is 915. The molecule has 1 aliphatic rings. The number of rotatable bonds is 3. The van der Waals surface area contributed by atoms with Gasteiger partial charge in [-0.3, -0.25) is 4.99 Å². The van der Waals surface area contributed by atoms with E-state index in [9.17, 15) is 0 Å². The van der Waals surface area contributed by atoms with E-state index >= 15 is 0 Å². The van der Waals surface area contributed by atoms with Crippen LogP contribution in [-0.4, -0.2) is 6.21 Å². The Kier molecular flexibility index (Phi) is 4.12. The van der Waals surface area contributed by atoms with Crippen molar-refractivity contribution < 1.29 is 0 Å². The molecule has 3 aromatic carbocycles. The summed E-state index contributed by atoms with van der Waals surface area (Å²) in [4.78, 5) is 4.76. The maximum atomic E-state index is 6.29. The fourth-order valence-electron chi connectivity index (χ4n) is 3.14. The molecule has 1 N–H and O–H groups in total. The molecule has 3 aromatic rings. The molecule has 1 unspecified atom stereocenters. The first kappa shape index (κ1) is 15.7. The minimum absolute atomic E-state index is 0.575. The molecule has 1 heterocycles. The second kappa shape index (κ2) is 6.58. The summed E-state index contributed by atoms with van der Waals surface area (Å²) in [7, 11) is 0. The number of halogens is 1. The van der Waals surface area contributed by atoms with Crippen LogP contribution in [0.1, 0.15) is 11.1 Å². The van der Waals surface area contributed by atoms with Crippen molar-refractivity contribution in [2.75, 3.05) is 0 Å². The van der Waals surface area contributed by atoms with Crippen molar-refractivity contribution in [2.45, 2.75) is 5.66 Å². The molecule has 122 valence electrons. The van der Waals surface area contributed by atoms with Gasteiger partial charge in [0.15, 0.2) is 5.66 Å². The number of aliphatic imine (C=N–C) groups is 1. The highest BCUT2D eigenvalue weighted by Crippen LogP contribution is 2.35. The van der Waals surface area contributed by atoms with E-state index < -0.39 is 5.66 Å². The summed E-state index contributed by atoms with van der Waals surface area (Å²) in [5.74, 6) is 0. The summed E-state index contributed by atoms with van der Waals surface area (Å²) < 4.78 is 0. The SMILES string of the molecule is ClC1=CC=NC(c2ccccc2)(c2ccc(-c3ccccc3)cc2)N1. The molecule has 1 aliphatic heterocycles. The van der Waals surface area contributed by atoms with E-state index in [1.165, 1.54) is 11.1 Å². The second-order valence-electron chi connectivity index (χ2n) is 5.94. The number of nitrogens with one attached hydrogen (secondary N) is 1. The lowest BCUT2D eigenvalue weighted by Gasteiger charge is -2.34. The second-order valence-corrected chi connectivity index (χ2v) is 6.34. The maximum Gasteiger partial charge on any atom is 0.182 e. The van der Waals surface area contributed by atoms with Crippen LogP contribution in [0, 0.1) is 0 Å². The third-order valence-electron chi connectivity index (χ3n) is 4.39. The predicted molar refractivity (Wildman–Crippen MR) is 105 cm³/mol. The third kappa shape index (κ3) is 2.97. The molecule has 0 aliphatic carbocycles. The van der Waals surface area contributed by atoms with E-state index in [0.717, 1.165) is 11.1 Å². The van der Waals surface area contributed by atoms with Crippen molar-refractivity contribution in [1.29, 1.82) is 0 Å². The largest absolute Gasteiger partial charge is 0.344 e. The summed E-state index contributed by atoms with van der Waals surface area (Å²) in [6.45, 7) is 0. The average Bonchev–Trinajstić information content (AvgIpc) is 2.69. The Morgan fingerprint density at radius 3 is 1.88 bits per heavy atom. The molecule has 2 nitrogen and oxygen atoms in total. The van der Waals surface area contributed by atoms with E-state index in [2.05, 4.69) is 53.8 Å². The fourth-order valence-corrected chi connectivity index (χ4v) is 3.33. The first-order chi connectivity index (χ1) is 12.3. The van der Waals surface area contributed by atoms with Crippen LogP contribution in [-0.2, 0) is 5.66 Å². The molecular formula is C22H17ClN2. The molecule has 0 spiro atoms. The monoisotopic (exact) mass is 344 g/mol. The van der Waals surface area contributed by atoms with Gasteiger partial charge in [0.25, 0.3) is 0 Å². The molecule has 25 heavy (non-hydrogen) atoms. The number of allylic oxidation sites excluding steroid dienone is 1. The van der Waals surface area contributed by atoms with Gasteiger partial charge in [0.05, 0.1) is 0 Å². The van der Waals surface area contributed by atoms with Gasteiger partial charge in [-0.05, 0) is 17.2 Å². The van der Waals surface area contributed by atoms with Crippen LogP contribution in [0.5, 0.6) is 0 Å². The highest BCUT2D eigenvalue weighted by molar-refractivity contribution is 6.30. The van der Waals surface area contributed by atoms with E-state index in [-0.39, 0.29) is 0 Å². The number of benzene rings is 3. The van der Waals surface area contributed by atoms with Crippen LogP contribution in [0.25, 0.3) is 11.1 Å². The van der Waals surface area contributed by atoms with Crippen molar-refractivity contribution >= 4 is 17.8 Å². The first-order valence-electron chi connectivity index (χ1n) is 8.19. The molecule has 0 saturated carbocycles. The van der Waals surface area contributed by atoms with E-state index in [4.69, 9.17) is 16.6 Å². The molecule has 3 heteroatoms. The molecular weight excluding hydrogens is 328 g/mol. The summed E-state index contributed by atoms with van der Waals surface area (Å²) in [6, 6.07) is 28.9. The molecule has 0 fully saturated rings. The lowest BCUT2D eigenvalue weighted by atomic mass is 9.89. The Labute approximate surface area is 152 Å². The van der Waals surface area contributed by atoms with Crippen LogP contribution < -0.4 is 5.32 Å². The zero-order valence-electron chi connectivity index (χ0n) is 13.6. The van der Waals surface area contributed by atoms with Crippen molar-refractivity contribution in [3.05, 3.63) is 107 Å². The number of hydrogen-bond acceptors (Lipinski definition) is 2. The van der Waals surface area contributed by atoms with Gasteiger partial charge in [-0.2, -0.15) is 0 Å². The standard InChI is InChI=1S/C22H17ClN2/c23-21-15-16-24-22(25-21,19-9-5-2-6-10-19)20-13-11-18(12-14-20)17-7-3-1-4-8-17/h1-16,25H. The van der Waals surface area contributed by atoms with Crippen molar-refractivity contribution in [3.8, 4) is 11.1 Å². The van der Waals surface area contributed by atoms with E-state index in [0.29, 0.717) is 5.16 Å². The van der Waals surface area contributed by atoms with Gasteiger partial charge < -0.3 is 5.32 Å². The molecule has 0 bridgehead atoms. The Balaban J connectivity index is 1.79. The summed E-state index contributed by atoms with van der Waals surface area (Å²) in [6.07, 6.45) is 3.53. The van der Waals surface area contributed by atoms with Crippen LogP contribution in [0.4, 0.5) is 0 Å². The molecule has 4 rings (SSSR count). The van der Waals surface area contributed by atoms with E-state index in [1.54, 1.807) is 12.3 Å². The number of hydrogen-bond donors (Lipinski definition) is 1. The molecule has 0 saturated heterocycles. The first-order valence-corrected chi connectivity index (χ1v) is 8.56. The van der Waals surface area contributed by atoms with Gasteiger partial charge in [-0.1, -0.05) is 96.5 Å². The highest BCUT2D eigenvalue weighted by atomic mass is 35.5. The highest BCUT2D eigenvalue weighted by Gasteiger charge is 2.35. The third-order valence-corrected chi connectivity index (χ3v) is 4.61. The van der Waals surface area contributed by atoms with Gasteiger partial charge >= 0.3 is 0 Å². The van der Waals surface area contributed by atoms with Crippen molar-refractivity contribution in [1.82, 2.24) is 5.32 Å². The van der Waals surface area contributed by atoms with Crippen LogP contribution >= 0.6 is 11.6 Å². The van der Waals surface area contributed by atoms with Crippen molar-refractivity contribution in [3.63, 3.8) is 0 Å². The van der Waals surface area contributed by atoms with Crippen molar-refractivity contribution in [2.24, 2.45) is 4.99 Å². The summed E-state index contributed by atoms with van der Waals surface area (Å²) >= 11 is 6.29. The zero-order valence-corrected chi connectivity index (χ0v) is 14.3. The van der Waals surface area contributed by atoms with Gasteiger partial charge in [-0.15, -0.1) is 0 Å². The van der Waals surface area contributed by atoms with Crippen LogP contribution in [0.2, 0.25) is 0 Å². The lowest BCUT2D eigenvalue weighted by Crippen LogP contribution is -2.42. The molecule has 0 amide bonds. The zero-order chi connectivity index (χ0) is 17.1. The number of nitrogens with zero attached hydrogens (tertiary/aromatic N) is 1. The quantitative estimate of drug-likeness (QED) is 0.640. The molecule has 1 atom stereocenters. The minimum Gasteiger partial charge on any atom is -0.344 e. The molecule has 0 radical (unpaired) electrons. The molecule has 0 aromatic heterocycles. The average molecular weight is 345 g/mol. The fraction of sp³-hybridized carbons (Fsp3) is 0.0455. The topological polar surface area (TPSA) is 24.4 Å². The maximum absolute atomic E-state index is 6.29. The normalized spacial score (nSPS) is 19.2. The van der Waals surface area contributed by atoms with Crippen LogP contribution in [0.15, 0.2) is 101 Å². The van der Waals surface area contributed by atoms with Gasteiger partial charge in [0.2, 0.25) is 0 Å². The predicted octanol–water partition coefficient (Wildman–Crippen LogP) is 5.31. The summed E-state index contributed by atoms with van der Waals surface area (Å²) in [5, 5.41) is 3.93. The Hall–Kier alpha value is -2.84. The van der Waals surface area contributed by atoms with E-state index in [1.807, 2.05) is 36.4 Å². The summed E-state index contributed by atoms with van der Waals surface area (Å²) in [5.41, 5.74) is 3.75. The van der Waals surface area contributed by atoms with Gasteiger partial charge in [-0.25, -0.2) is 0 Å². The van der Waals surface area contributed by atoms with Gasteiger partial charge in [0.1, 0.15) is 5.16 Å². The minimum atomic E-state index is -0.706. The Morgan fingerprint density at radius 1 is 0.680 bits per heavy atom. The van der Waals surface area contributed by atoms with Crippen LogP contribution in [0.3, 0.4) is 0 Å². The Morgan fingerprint density at radius 2 is 1.24 bits per heavy atom.